The molecule has 2 rings (SSSR count). The highest BCUT2D eigenvalue weighted by molar-refractivity contribution is 9.10. The third-order valence-corrected chi connectivity index (χ3v) is 3.49. The number of piperazine rings is 1. The molecule has 1 aromatic heterocycles. The molecular weight excluding hydrogens is 328 g/mol. The molecule has 0 unspecified atom stereocenters. The number of hydrogen-bond donors (Lipinski definition) is 2. The predicted molar refractivity (Wildman–Crippen MR) is 76.6 cm³/mol. The lowest BCUT2D eigenvalue weighted by atomic mass is 10.3. The summed E-state index contributed by atoms with van der Waals surface area (Å²) in [7, 11) is 0. The quantitative estimate of drug-likeness (QED) is 0.858. The van der Waals surface area contributed by atoms with E-state index < -0.39 is 6.09 Å². The zero-order chi connectivity index (χ0) is 14.5. The van der Waals surface area contributed by atoms with Gasteiger partial charge in [-0.1, -0.05) is 15.9 Å². The standard InChI is InChI=1S/C12H15BrN4O3/c13-9-1-2-14-10(7-9)15-11(18)8-16-3-5-17(6-4-16)12(19)20/h1-2,7H,3-6,8H2,(H,19,20)(H,14,15,18). The van der Waals surface area contributed by atoms with Crippen LogP contribution < -0.4 is 5.32 Å². The molecule has 1 saturated heterocycles. The summed E-state index contributed by atoms with van der Waals surface area (Å²) >= 11 is 3.31. The highest BCUT2D eigenvalue weighted by Gasteiger charge is 2.21. The lowest BCUT2D eigenvalue weighted by molar-refractivity contribution is -0.117. The summed E-state index contributed by atoms with van der Waals surface area (Å²) in [6, 6.07) is 3.50. The van der Waals surface area contributed by atoms with Crippen LogP contribution in [0.1, 0.15) is 0 Å². The smallest absolute Gasteiger partial charge is 0.407 e. The van der Waals surface area contributed by atoms with Crippen LogP contribution in [0.2, 0.25) is 0 Å². The molecule has 0 aliphatic carbocycles. The zero-order valence-electron chi connectivity index (χ0n) is 10.8. The van der Waals surface area contributed by atoms with Crippen molar-refractivity contribution in [3.05, 3.63) is 22.8 Å². The van der Waals surface area contributed by atoms with Crippen LogP contribution in [0.15, 0.2) is 22.8 Å². The second-order valence-corrected chi connectivity index (χ2v) is 5.37. The minimum absolute atomic E-state index is 0.153. The highest BCUT2D eigenvalue weighted by Crippen LogP contribution is 2.12. The van der Waals surface area contributed by atoms with Gasteiger partial charge in [0, 0.05) is 36.8 Å². The molecule has 8 heteroatoms. The first-order valence-corrected chi connectivity index (χ1v) is 6.95. The Morgan fingerprint density at radius 2 is 2.05 bits per heavy atom. The Kier molecular flexibility index (Phi) is 4.91. The van der Waals surface area contributed by atoms with Gasteiger partial charge < -0.3 is 15.3 Å². The molecule has 1 aliphatic heterocycles. The van der Waals surface area contributed by atoms with E-state index in [1.165, 1.54) is 4.90 Å². The summed E-state index contributed by atoms with van der Waals surface area (Å²) in [5.41, 5.74) is 0. The molecule has 2 N–H and O–H groups in total. The van der Waals surface area contributed by atoms with Gasteiger partial charge in [-0.25, -0.2) is 9.78 Å². The summed E-state index contributed by atoms with van der Waals surface area (Å²) in [4.78, 5) is 30.0. The molecule has 7 nitrogen and oxygen atoms in total. The van der Waals surface area contributed by atoms with Crippen molar-refractivity contribution in [1.29, 1.82) is 0 Å². The van der Waals surface area contributed by atoms with Gasteiger partial charge in [0.2, 0.25) is 5.91 Å². The fourth-order valence-corrected chi connectivity index (χ4v) is 2.29. The van der Waals surface area contributed by atoms with E-state index in [1.54, 1.807) is 18.3 Å². The van der Waals surface area contributed by atoms with E-state index in [1.807, 2.05) is 4.90 Å². The number of carboxylic acid groups (broad SMARTS) is 1. The third-order valence-electron chi connectivity index (χ3n) is 3.00. The molecule has 0 bridgehead atoms. The number of nitrogens with zero attached hydrogens (tertiary/aromatic N) is 3. The first-order valence-electron chi connectivity index (χ1n) is 6.16. The Bertz CT molecular complexity index is 503. The van der Waals surface area contributed by atoms with E-state index in [9.17, 15) is 9.59 Å². The van der Waals surface area contributed by atoms with Crippen molar-refractivity contribution in [1.82, 2.24) is 14.8 Å². The number of halogens is 1. The van der Waals surface area contributed by atoms with Crippen molar-refractivity contribution in [3.63, 3.8) is 0 Å². The van der Waals surface area contributed by atoms with Gasteiger partial charge in [0.15, 0.2) is 0 Å². The van der Waals surface area contributed by atoms with Crippen molar-refractivity contribution >= 4 is 33.7 Å². The van der Waals surface area contributed by atoms with E-state index in [4.69, 9.17) is 5.11 Å². The molecule has 20 heavy (non-hydrogen) atoms. The molecule has 108 valence electrons. The average Bonchev–Trinajstić information content (AvgIpc) is 2.39. The van der Waals surface area contributed by atoms with Crippen LogP contribution in [-0.4, -0.2) is 64.6 Å². The molecule has 0 spiro atoms. The Morgan fingerprint density at radius 3 is 2.65 bits per heavy atom. The highest BCUT2D eigenvalue weighted by atomic mass is 79.9. The molecule has 2 heterocycles. The molecule has 0 saturated carbocycles. The average molecular weight is 343 g/mol. The van der Waals surface area contributed by atoms with Crippen molar-refractivity contribution in [2.75, 3.05) is 38.0 Å². The van der Waals surface area contributed by atoms with E-state index >= 15 is 0 Å². The number of carbonyl (C=O) groups is 2. The Labute approximate surface area is 124 Å². The monoisotopic (exact) mass is 342 g/mol. The zero-order valence-corrected chi connectivity index (χ0v) is 12.3. The Morgan fingerprint density at radius 1 is 1.35 bits per heavy atom. The summed E-state index contributed by atoms with van der Waals surface area (Å²) in [5, 5.41) is 11.6. The van der Waals surface area contributed by atoms with Gasteiger partial charge in [-0.05, 0) is 12.1 Å². The van der Waals surface area contributed by atoms with Crippen molar-refractivity contribution in [2.24, 2.45) is 0 Å². The van der Waals surface area contributed by atoms with Crippen LogP contribution >= 0.6 is 15.9 Å². The fraction of sp³-hybridized carbons (Fsp3) is 0.417. The van der Waals surface area contributed by atoms with Gasteiger partial charge in [0.1, 0.15) is 5.82 Å². The molecule has 0 atom stereocenters. The van der Waals surface area contributed by atoms with Crippen molar-refractivity contribution in [3.8, 4) is 0 Å². The van der Waals surface area contributed by atoms with E-state index in [2.05, 4.69) is 26.2 Å². The number of nitrogens with one attached hydrogen (secondary N) is 1. The van der Waals surface area contributed by atoms with Crippen LogP contribution in [0.5, 0.6) is 0 Å². The summed E-state index contributed by atoms with van der Waals surface area (Å²) < 4.78 is 0.845. The predicted octanol–water partition coefficient (Wildman–Crippen LogP) is 1.08. The SMILES string of the molecule is O=C(CN1CCN(C(=O)O)CC1)Nc1cc(Br)ccn1. The number of carbonyl (C=O) groups excluding carboxylic acids is 1. The number of aromatic nitrogens is 1. The van der Waals surface area contributed by atoms with Crippen LogP contribution in [-0.2, 0) is 4.79 Å². The molecule has 0 radical (unpaired) electrons. The maximum atomic E-state index is 11.9. The minimum Gasteiger partial charge on any atom is -0.465 e. The normalized spacial score (nSPS) is 15.9. The van der Waals surface area contributed by atoms with E-state index in [-0.39, 0.29) is 12.5 Å². The molecule has 1 aliphatic rings. The Balaban J connectivity index is 1.80. The van der Waals surface area contributed by atoms with Gasteiger partial charge in [-0.3, -0.25) is 9.69 Å². The van der Waals surface area contributed by atoms with Crippen LogP contribution in [0.25, 0.3) is 0 Å². The lowest BCUT2D eigenvalue weighted by Crippen LogP contribution is -2.50. The van der Waals surface area contributed by atoms with Crippen LogP contribution in [0.3, 0.4) is 0 Å². The number of rotatable bonds is 3. The topological polar surface area (TPSA) is 85.8 Å². The molecule has 2 amide bonds. The molecular formula is C12H15BrN4O3. The number of pyridine rings is 1. The second kappa shape index (κ2) is 6.67. The summed E-state index contributed by atoms with van der Waals surface area (Å²) in [6.07, 6.45) is 0.693. The van der Waals surface area contributed by atoms with Gasteiger partial charge in [-0.2, -0.15) is 0 Å². The first-order chi connectivity index (χ1) is 9.54. The number of anilines is 1. The minimum atomic E-state index is -0.910. The first kappa shape index (κ1) is 14.7. The largest absolute Gasteiger partial charge is 0.465 e. The van der Waals surface area contributed by atoms with Crippen molar-refractivity contribution < 1.29 is 14.7 Å². The van der Waals surface area contributed by atoms with Gasteiger partial charge in [-0.15, -0.1) is 0 Å². The molecule has 0 aromatic carbocycles. The maximum absolute atomic E-state index is 11.9. The van der Waals surface area contributed by atoms with E-state index in [0.717, 1.165) is 4.47 Å². The second-order valence-electron chi connectivity index (χ2n) is 4.45. The van der Waals surface area contributed by atoms with Crippen molar-refractivity contribution in [2.45, 2.75) is 0 Å². The van der Waals surface area contributed by atoms with Crippen LogP contribution in [0.4, 0.5) is 10.6 Å². The molecule has 1 aromatic rings. The number of hydrogen-bond acceptors (Lipinski definition) is 4. The van der Waals surface area contributed by atoms with Gasteiger partial charge in [0.05, 0.1) is 6.54 Å². The lowest BCUT2D eigenvalue weighted by Gasteiger charge is -2.32. The van der Waals surface area contributed by atoms with E-state index in [0.29, 0.717) is 32.0 Å². The summed E-state index contributed by atoms with van der Waals surface area (Å²) in [5.74, 6) is 0.341. The maximum Gasteiger partial charge on any atom is 0.407 e. The Hall–Kier alpha value is -1.67. The number of amides is 2. The van der Waals surface area contributed by atoms with Gasteiger partial charge in [0.25, 0.3) is 0 Å². The fourth-order valence-electron chi connectivity index (χ4n) is 1.96. The van der Waals surface area contributed by atoms with Crippen LogP contribution in [0, 0.1) is 0 Å². The third kappa shape index (κ3) is 4.17. The molecule has 1 fully saturated rings. The summed E-state index contributed by atoms with van der Waals surface area (Å²) in [6.45, 7) is 2.22. The van der Waals surface area contributed by atoms with Gasteiger partial charge >= 0.3 is 6.09 Å².